The second-order valence-electron chi connectivity index (χ2n) is 4.03. The Kier molecular flexibility index (Phi) is 3.40. The van der Waals surface area contributed by atoms with Crippen LogP contribution in [-0.4, -0.2) is 0 Å². The van der Waals surface area contributed by atoms with E-state index in [0.717, 1.165) is 11.3 Å². The van der Waals surface area contributed by atoms with E-state index < -0.39 is 0 Å². The van der Waals surface area contributed by atoms with Crippen molar-refractivity contribution in [2.45, 2.75) is 6.92 Å². The highest BCUT2D eigenvalue weighted by atomic mass is 35.5. The fourth-order valence-corrected chi connectivity index (χ4v) is 1.91. The summed E-state index contributed by atoms with van der Waals surface area (Å²) in [5, 5.41) is 12.8. The Bertz CT molecular complexity index is 629. The summed E-state index contributed by atoms with van der Waals surface area (Å²) in [6.45, 7) is 1.97. The van der Waals surface area contributed by atoms with E-state index in [9.17, 15) is 0 Å². The predicted molar refractivity (Wildman–Crippen MR) is 75.0 cm³/mol. The highest BCUT2D eigenvalue weighted by Crippen LogP contribution is 2.28. The maximum absolute atomic E-state index is 9.06. The lowest BCUT2D eigenvalue weighted by atomic mass is 10.1. The molecule has 0 fully saturated rings. The molecule has 18 heavy (non-hydrogen) atoms. The number of nitrogens with zero attached hydrogens (tertiary/aromatic N) is 1. The third-order valence-electron chi connectivity index (χ3n) is 2.56. The van der Waals surface area contributed by atoms with Gasteiger partial charge in [0, 0.05) is 5.69 Å². The summed E-state index contributed by atoms with van der Waals surface area (Å²) in [5.74, 6) is 0. The fourth-order valence-electron chi connectivity index (χ4n) is 1.63. The minimum atomic E-state index is 0.492. The molecule has 2 aromatic rings. The van der Waals surface area contributed by atoms with Crippen molar-refractivity contribution in [1.82, 2.24) is 0 Å². The molecule has 0 aliphatic rings. The summed E-state index contributed by atoms with van der Waals surface area (Å²) in [6, 6.07) is 12.9. The zero-order valence-corrected chi connectivity index (χ0v) is 10.6. The Morgan fingerprint density at radius 3 is 2.56 bits per heavy atom. The first-order valence-corrected chi connectivity index (χ1v) is 5.81. The number of aryl methyl sites for hydroxylation is 1. The molecule has 0 aliphatic carbocycles. The van der Waals surface area contributed by atoms with Gasteiger partial charge in [-0.2, -0.15) is 5.26 Å². The van der Waals surface area contributed by atoms with Crippen molar-refractivity contribution >= 4 is 28.7 Å². The van der Waals surface area contributed by atoms with Crippen molar-refractivity contribution < 1.29 is 0 Å². The average Bonchev–Trinajstić information content (AvgIpc) is 2.34. The number of nitrogens with one attached hydrogen (secondary N) is 1. The van der Waals surface area contributed by atoms with Crippen LogP contribution in [0, 0.1) is 18.3 Å². The third-order valence-corrected chi connectivity index (χ3v) is 2.87. The SMILES string of the molecule is Cc1ccc(Nc2ccc(N)cc2C#N)c(Cl)c1. The van der Waals surface area contributed by atoms with Crippen molar-refractivity contribution in [3.63, 3.8) is 0 Å². The van der Waals surface area contributed by atoms with E-state index in [4.69, 9.17) is 22.6 Å². The fraction of sp³-hybridized carbons (Fsp3) is 0.0714. The maximum Gasteiger partial charge on any atom is 0.101 e. The summed E-state index contributed by atoms with van der Waals surface area (Å²) < 4.78 is 0. The lowest BCUT2D eigenvalue weighted by Gasteiger charge is -2.10. The molecule has 0 unspecified atom stereocenters. The minimum absolute atomic E-state index is 0.492. The standard InChI is InChI=1S/C14H12ClN3/c1-9-2-4-14(12(15)6-9)18-13-5-3-11(17)7-10(13)8-16/h2-7,18H,17H2,1H3. The van der Waals surface area contributed by atoms with Crippen LogP contribution >= 0.6 is 11.6 Å². The molecule has 90 valence electrons. The molecule has 0 saturated carbocycles. The number of nitriles is 1. The molecule has 0 atom stereocenters. The van der Waals surface area contributed by atoms with Crippen LogP contribution in [-0.2, 0) is 0 Å². The van der Waals surface area contributed by atoms with E-state index in [1.165, 1.54) is 0 Å². The van der Waals surface area contributed by atoms with E-state index in [-0.39, 0.29) is 0 Å². The van der Waals surface area contributed by atoms with Crippen LogP contribution in [0.15, 0.2) is 36.4 Å². The van der Waals surface area contributed by atoms with Crippen molar-refractivity contribution in [3.8, 4) is 6.07 Å². The Morgan fingerprint density at radius 1 is 1.17 bits per heavy atom. The van der Waals surface area contributed by atoms with Gasteiger partial charge in [0.25, 0.3) is 0 Å². The monoisotopic (exact) mass is 257 g/mol. The van der Waals surface area contributed by atoms with Gasteiger partial charge < -0.3 is 11.1 Å². The predicted octanol–water partition coefficient (Wildman–Crippen LogP) is 3.85. The number of rotatable bonds is 2. The number of nitrogens with two attached hydrogens (primary N) is 1. The highest BCUT2D eigenvalue weighted by Gasteiger charge is 2.05. The van der Waals surface area contributed by atoms with Crippen LogP contribution in [0.3, 0.4) is 0 Å². The van der Waals surface area contributed by atoms with Gasteiger partial charge in [-0.1, -0.05) is 17.7 Å². The largest absolute Gasteiger partial charge is 0.399 e. The molecule has 2 rings (SSSR count). The molecule has 0 heterocycles. The zero-order chi connectivity index (χ0) is 13.1. The molecule has 0 saturated heterocycles. The van der Waals surface area contributed by atoms with Gasteiger partial charge in [0.1, 0.15) is 6.07 Å². The van der Waals surface area contributed by atoms with Gasteiger partial charge in [-0.25, -0.2) is 0 Å². The molecule has 0 aliphatic heterocycles. The molecule has 0 radical (unpaired) electrons. The normalized spacial score (nSPS) is 9.83. The van der Waals surface area contributed by atoms with E-state index in [0.29, 0.717) is 22.0 Å². The molecule has 3 N–H and O–H groups in total. The van der Waals surface area contributed by atoms with E-state index in [1.807, 2.05) is 25.1 Å². The van der Waals surface area contributed by atoms with Crippen LogP contribution in [0.4, 0.5) is 17.1 Å². The summed E-state index contributed by atoms with van der Waals surface area (Å²) >= 11 is 6.14. The summed E-state index contributed by atoms with van der Waals surface area (Å²) in [6.07, 6.45) is 0. The summed E-state index contributed by atoms with van der Waals surface area (Å²) in [7, 11) is 0. The van der Waals surface area contributed by atoms with Crippen molar-refractivity contribution in [3.05, 3.63) is 52.5 Å². The van der Waals surface area contributed by atoms with E-state index in [1.54, 1.807) is 18.2 Å². The summed E-state index contributed by atoms with van der Waals surface area (Å²) in [5.41, 5.74) is 9.24. The quantitative estimate of drug-likeness (QED) is 0.804. The van der Waals surface area contributed by atoms with E-state index >= 15 is 0 Å². The molecule has 3 nitrogen and oxygen atoms in total. The first-order chi connectivity index (χ1) is 8.60. The number of hydrogen-bond donors (Lipinski definition) is 2. The zero-order valence-electron chi connectivity index (χ0n) is 9.87. The number of nitrogen functional groups attached to an aromatic ring is 1. The topological polar surface area (TPSA) is 61.8 Å². The average molecular weight is 258 g/mol. The molecule has 4 heteroatoms. The Labute approximate surface area is 111 Å². The molecular formula is C14H12ClN3. The van der Waals surface area contributed by atoms with Gasteiger partial charge in [0.15, 0.2) is 0 Å². The van der Waals surface area contributed by atoms with Gasteiger partial charge in [0.2, 0.25) is 0 Å². The van der Waals surface area contributed by atoms with Crippen molar-refractivity contribution in [1.29, 1.82) is 5.26 Å². The molecule has 0 spiro atoms. The van der Waals surface area contributed by atoms with Crippen LogP contribution in [0.25, 0.3) is 0 Å². The highest BCUT2D eigenvalue weighted by molar-refractivity contribution is 6.33. The van der Waals surface area contributed by atoms with Crippen molar-refractivity contribution in [2.75, 3.05) is 11.1 Å². The molecule has 0 aromatic heterocycles. The molecule has 2 aromatic carbocycles. The Balaban J connectivity index is 2.37. The Morgan fingerprint density at radius 2 is 1.89 bits per heavy atom. The van der Waals surface area contributed by atoms with Gasteiger partial charge in [-0.3, -0.25) is 0 Å². The first kappa shape index (κ1) is 12.3. The maximum atomic E-state index is 9.06. The van der Waals surface area contributed by atoms with Crippen LogP contribution < -0.4 is 11.1 Å². The number of anilines is 3. The van der Waals surface area contributed by atoms with Gasteiger partial charge in [0.05, 0.1) is 22.0 Å². The van der Waals surface area contributed by atoms with Gasteiger partial charge in [-0.05, 0) is 42.8 Å². The number of halogens is 1. The molecule has 0 bridgehead atoms. The third kappa shape index (κ3) is 2.55. The van der Waals surface area contributed by atoms with Crippen LogP contribution in [0.5, 0.6) is 0 Å². The number of hydrogen-bond acceptors (Lipinski definition) is 3. The van der Waals surface area contributed by atoms with E-state index in [2.05, 4.69) is 11.4 Å². The summed E-state index contributed by atoms with van der Waals surface area (Å²) in [4.78, 5) is 0. The lowest BCUT2D eigenvalue weighted by Crippen LogP contribution is -1.96. The van der Waals surface area contributed by atoms with Crippen molar-refractivity contribution in [2.24, 2.45) is 0 Å². The minimum Gasteiger partial charge on any atom is -0.399 e. The molecular weight excluding hydrogens is 246 g/mol. The Hall–Kier alpha value is -2.18. The first-order valence-electron chi connectivity index (χ1n) is 5.43. The van der Waals surface area contributed by atoms with Crippen LogP contribution in [0.1, 0.15) is 11.1 Å². The van der Waals surface area contributed by atoms with Gasteiger partial charge >= 0.3 is 0 Å². The second-order valence-corrected chi connectivity index (χ2v) is 4.43. The lowest BCUT2D eigenvalue weighted by molar-refractivity contribution is 1.43. The van der Waals surface area contributed by atoms with Gasteiger partial charge in [-0.15, -0.1) is 0 Å². The number of benzene rings is 2. The second kappa shape index (κ2) is 4.99. The molecule has 0 amide bonds. The smallest absolute Gasteiger partial charge is 0.101 e. The van der Waals surface area contributed by atoms with Crippen LogP contribution in [0.2, 0.25) is 5.02 Å².